The molecule has 4 heteroatoms. The highest BCUT2D eigenvalue weighted by Crippen LogP contribution is 2.28. The molecular weight excluding hydrogens is 256 g/mol. The van der Waals surface area contributed by atoms with E-state index in [9.17, 15) is 5.11 Å². The number of para-hydroxylation sites is 2. The summed E-state index contributed by atoms with van der Waals surface area (Å²) in [4.78, 5) is 8.91. The number of imidazole rings is 1. The van der Waals surface area contributed by atoms with Crippen LogP contribution >= 0.6 is 11.8 Å². The van der Waals surface area contributed by atoms with Crippen LogP contribution < -0.4 is 0 Å². The number of aromatic nitrogens is 2. The standard InChI is InChI=1S/C15H14N2OS/c1-10(18)11-6-8-12(9-7-11)19-15-16-13-4-2-3-5-14(13)17-15/h2-10,18H,1H3,(H,16,17). The quantitative estimate of drug-likeness (QED) is 0.761. The minimum atomic E-state index is -0.426. The van der Waals surface area contributed by atoms with Crippen molar-refractivity contribution in [1.82, 2.24) is 9.97 Å². The summed E-state index contributed by atoms with van der Waals surface area (Å²) in [6.45, 7) is 1.77. The number of aromatic amines is 1. The van der Waals surface area contributed by atoms with Gasteiger partial charge in [0.2, 0.25) is 0 Å². The van der Waals surface area contributed by atoms with Gasteiger partial charge in [-0.2, -0.15) is 0 Å². The van der Waals surface area contributed by atoms with Crippen molar-refractivity contribution in [2.75, 3.05) is 0 Å². The Hall–Kier alpha value is -1.78. The molecular formula is C15H14N2OS. The van der Waals surface area contributed by atoms with Crippen molar-refractivity contribution >= 4 is 22.8 Å². The van der Waals surface area contributed by atoms with Gasteiger partial charge in [-0.15, -0.1) is 0 Å². The molecule has 1 heterocycles. The van der Waals surface area contributed by atoms with Gasteiger partial charge >= 0.3 is 0 Å². The molecule has 0 radical (unpaired) electrons. The first-order chi connectivity index (χ1) is 9.22. The van der Waals surface area contributed by atoms with Crippen LogP contribution in [0.2, 0.25) is 0 Å². The minimum Gasteiger partial charge on any atom is -0.389 e. The van der Waals surface area contributed by atoms with Gasteiger partial charge in [-0.25, -0.2) is 4.98 Å². The minimum absolute atomic E-state index is 0.426. The molecule has 2 aromatic carbocycles. The van der Waals surface area contributed by atoms with Crippen LogP contribution in [0, 0.1) is 0 Å². The number of aliphatic hydroxyl groups is 1. The van der Waals surface area contributed by atoms with Gasteiger partial charge in [0.1, 0.15) is 0 Å². The molecule has 96 valence electrons. The molecule has 3 aromatic rings. The maximum absolute atomic E-state index is 9.47. The molecule has 3 nitrogen and oxygen atoms in total. The fourth-order valence-corrected chi connectivity index (χ4v) is 2.70. The van der Waals surface area contributed by atoms with Crippen molar-refractivity contribution in [3.8, 4) is 0 Å². The SMILES string of the molecule is CC(O)c1ccc(Sc2nc3ccccc3[nH]2)cc1. The second-order valence-corrected chi connectivity index (χ2v) is 5.47. The molecule has 2 N–H and O–H groups in total. The van der Waals surface area contributed by atoms with Crippen molar-refractivity contribution in [3.05, 3.63) is 54.1 Å². The first-order valence-corrected chi connectivity index (χ1v) is 6.94. The molecule has 1 atom stereocenters. The molecule has 19 heavy (non-hydrogen) atoms. The summed E-state index contributed by atoms with van der Waals surface area (Å²) in [7, 11) is 0. The lowest BCUT2D eigenvalue weighted by Gasteiger charge is -2.04. The van der Waals surface area contributed by atoms with E-state index in [1.54, 1.807) is 18.7 Å². The Morgan fingerprint density at radius 1 is 1.11 bits per heavy atom. The summed E-state index contributed by atoms with van der Waals surface area (Å²) >= 11 is 1.59. The van der Waals surface area contributed by atoms with Gasteiger partial charge in [-0.1, -0.05) is 36.0 Å². The van der Waals surface area contributed by atoms with E-state index in [1.165, 1.54) is 0 Å². The number of hydrogen-bond acceptors (Lipinski definition) is 3. The lowest BCUT2D eigenvalue weighted by molar-refractivity contribution is 0.199. The lowest BCUT2D eigenvalue weighted by atomic mass is 10.1. The zero-order valence-electron chi connectivity index (χ0n) is 10.5. The molecule has 0 fully saturated rings. The molecule has 0 aliphatic carbocycles. The number of rotatable bonds is 3. The van der Waals surface area contributed by atoms with E-state index >= 15 is 0 Å². The van der Waals surface area contributed by atoms with Crippen molar-refractivity contribution in [1.29, 1.82) is 0 Å². The summed E-state index contributed by atoms with van der Waals surface area (Å²) in [5.41, 5.74) is 2.95. The Morgan fingerprint density at radius 3 is 2.53 bits per heavy atom. The Bertz CT molecular complexity index is 656. The van der Waals surface area contributed by atoms with Gasteiger partial charge < -0.3 is 10.1 Å². The van der Waals surface area contributed by atoms with Crippen LogP contribution in [-0.2, 0) is 0 Å². The predicted molar refractivity (Wildman–Crippen MR) is 77.3 cm³/mol. The molecule has 1 unspecified atom stereocenters. The highest BCUT2D eigenvalue weighted by Gasteiger charge is 2.05. The third kappa shape index (κ3) is 2.64. The van der Waals surface area contributed by atoms with Gasteiger partial charge in [0, 0.05) is 4.90 Å². The summed E-state index contributed by atoms with van der Waals surface area (Å²) < 4.78 is 0. The number of aliphatic hydroxyl groups excluding tert-OH is 1. The molecule has 0 bridgehead atoms. The van der Waals surface area contributed by atoms with Crippen LogP contribution in [0.25, 0.3) is 11.0 Å². The summed E-state index contributed by atoms with van der Waals surface area (Å²) in [6.07, 6.45) is -0.426. The smallest absolute Gasteiger partial charge is 0.171 e. The largest absolute Gasteiger partial charge is 0.389 e. The zero-order chi connectivity index (χ0) is 13.2. The summed E-state index contributed by atoms with van der Waals surface area (Å²) in [5.74, 6) is 0. The van der Waals surface area contributed by atoms with Crippen LogP contribution in [0.3, 0.4) is 0 Å². The average molecular weight is 270 g/mol. The molecule has 0 saturated carbocycles. The Balaban J connectivity index is 1.84. The predicted octanol–water partition coefficient (Wildman–Crippen LogP) is 3.77. The van der Waals surface area contributed by atoms with Crippen LogP contribution in [0.1, 0.15) is 18.6 Å². The number of hydrogen-bond donors (Lipinski definition) is 2. The van der Waals surface area contributed by atoms with Gasteiger partial charge in [-0.05, 0) is 36.8 Å². The molecule has 3 rings (SSSR count). The van der Waals surface area contributed by atoms with Gasteiger partial charge in [-0.3, -0.25) is 0 Å². The van der Waals surface area contributed by atoms with Crippen LogP contribution in [0.15, 0.2) is 58.6 Å². The average Bonchev–Trinajstić information content (AvgIpc) is 2.81. The first kappa shape index (κ1) is 12.3. The van der Waals surface area contributed by atoms with Crippen LogP contribution in [-0.4, -0.2) is 15.1 Å². The van der Waals surface area contributed by atoms with Crippen molar-refractivity contribution in [3.63, 3.8) is 0 Å². The van der Waals surface area contributed by atoms with E-state index in [4.69, 9.17) is 0 Å². The molecule has 0 amide bonds. The van der Waals surface area contributed by atoms with E-state index < -0.39 is 6.10 Å². The number of benzene rings is 2. The number of nitrogens with zero attached hydrogens (tertiary/aromatic N) is 1. The normalized spacial score (nSPS) is 12.7. The van der Waals surface area contributed by atoms with Gasteiger partial charge in [0.15, 0.2) is 5.16 Å². The van der Waals surface area contributed by atoms with Crippen LogP contribution in [0.4, 0.5) is 0 Å². The fraction of sp³-hybridized carbons (Fsp3) is 0.133. The van der Waals surface area contributed by atoms with Crippen molar-refractivity contribution in [2.24, 2.45) is 0 Å². The second kappa shape index (κ2) is 5.07. The van der Waals surface area contributed by atoms with E-state index in [0.717, 1.165) is 26.6 Å². The third-order valence-electron chi connectivity index (χ3n) is 2.94. The highest BCUT2D eigenvalue weighted by molar-refractivity contribution is 7.99. The topological polar surface area (TPSA) is 48.9 Å². The maximum Gasteiger partial charge on any atom is 0.171 e. The molecule has 1 aromatic heterocycles. The number of H-pyrrole nitrogens is 1. The Labute approximate surface area is 115 Å². The number of nitrogens with one attached hydrogen (secondary N) is 1. The summed E-state index contributed by atoms with van der Waals surface area (Å²) in [5, 5.41) is 10.4. The Morgan fingerprint density at radius 2 is 1.84 bits per heavy atom. The van der Waals surface area contributed by atoms with E-state index in [2.05, 4.69) is 9.97 Å². The molecule has 0 aliphatic heterocycles. The van der Waals surface area contributed by atoms with Crippen LogP contribution in [0.5, 0.6) is 0 Å². The van der Waals surface area contributed by atoms with E-state index in [1.807, 2.05) is 48.5 Å². The number of fused-ring (bicyclic) bond motifs is 1. The Kier molecular flexibility index (Phi) is 3.27. The second-order valence-electron chi connectivity index (χ2n) is 4.41. The lowest BCUT2D eigenvalue weighted by Crippen LogP contribution is -1.89. The monoisotopic (exact) mass is 270 g/mol. The van der Waals surface area contributed by atoms with E-state index in [-0.39, 0.29) is 0 Å². The highest BCUT2D eigenvalue weighted by atomic mass is 32.2. The fourth-order valence-electron chi connectivity index (χ4n) is 1.90. The van der Waals surface area contributed by atoms with Crippen molar-refractivity contribution in [2.45, 2.75) is 23.1 Å². The molecule has 0 saturated heterocycles. The first-order valence-electron chi connectivity index (χ1n) is 6.13. The summed E-state index contributed by atoms with van der Waals surface area (Å²) in [6, 6.07) is 15.9. The molecule has 0 spiro atoms. The molecule has 0 aliphatic rings. The van der Waals surface area contributed by atoms with Gasteiger partial charge in [0.05, 0.1) is 17.1 Å². The zero-order valence-corrected chi connectivity index (χ0v) is 11.3. The third-order valence-corrected chi connectivity index (χ3v) is 3.84. The maximum atomic E-state index is 9.47. The van der Waals surface area contributed by atoms with Crippen molar-refractivity contribution < 1.29 is 5.11 Å². The van der Waals surface area contributed by atoms with E-state index in [0.29, 0.717) is 0 Å². The van der Waals surface area contributed by atoms with Gasteiger partial charge in [0.25, 0.3) is 0 Å².